The molecule has 0 amide bonds. The minimum Gasteiger partial charge on any atom is -0.265 e. The molecule has 1 heterocycles. The summed E-state index contributed by atoms with van der Waals surface area (Å²) in [6, 6.07) is 7.28. The van der Waals surface area contributed by atoms with Crippen molar-refractivity contribution in [3.63, 3.8) is 0 Å². The van der Waals surface area contributed by atoms with E-state index in [1.54, 1.807) is 24.4 Å². The van der Waals surface area contributed by atoms with Crippen LogP contribution in [0.25, 0.3) is 0 Å². The quantitative estimate of drug-likeness (QED) is 0.535. The molecule has 0 saturated heterocycles. The number of sulfonamides is 1. The molecule has 0 unspecified atom stereocenters. The van der Waals surface area contributed by atoms with E-state index >= 15 is 0 Å². The van der Waals surface area contributed by atoms with Crippen LogP contribution < -0.4 is 4.72 Å². The standard InChI is InChI=1S/C16H10BrCl2F2N3O2S/c17-12-8-24(7-9-1-2-10(18)5-13(9)19)22-16(12)23-27(25,26)11-3-4-14(20)15(21)6-11/h1-6,8H,7H2,(H,22,23). The van der Waals surface area contributed by atoms with Crippen molar-refractivity contribution in [1.29, 1.82) is 0 Å². The Morgan fingerprint density at radius 1 is 1.11 bits per heavy atom. The summed E-state index contributed by atoms with van der Waals surface area (Å²) in [6.45, 7) is 0.265. The maximum atomic E-state index is 13.3. The van der Waals surface area contributed by atoms with E-state index in [0.29, 0.717) is 20.6 Å². The van der Waals surface area contributed by atoms with Gasteiger partial charge in [-0.2, -0.15) is 5.10 Å². The minimum absolute atomic E-state index is 0.00943. The number of nitrogens with zero attached hydrogens (tertiary/aromatic N) is 2. The Bertz CT molecular complexity index is 1120. The Hall–Kier alpha value is -1.68. The number of anilines is 1. The molecule has 0 aliphatic heterocycles. The number of hydrogen-bond donors (Lipinski definition) is 1. The van der Waals surface area contributed by atoms with Crippen molar-refractivity contribution < 1.29 is 17.2 Å². The lowest BCUT2D eigenvalue weighted by atomic mass is 10.2. The zero-order valence-corrected chi connectivity index (χ0v) is 17.2. The van der Waals surface area contributed by atoms with Crippen LogP contribution in [0.3, 0.4) is 0 Å². The number of benzene rings is 2. The third-order valence-electron chi connectivity index (χ3n) is 3.50. The van der Waals surface area contributed by atoms with Gasteiger partial charge < -0.3 is 0 Å². The highest BCUT2D eigenvalue weighted by Crippen LogP contribution is 2.26. The van der Waals surface area contributed by atoms with E-state index in [4.69, 9.17) is 23.2 Å². The van der Waals surface area contributed by atoms with E-state index < -0.39 is 26.6 Å². The van der Waals surface area contributed by atoms with Crippen molar-refractivity contribution in [3.05, 3.63) is 74.3 Å². The zero-order chi connectivity index (χ0) is 19.8. The molecular weight excluding hydrogens is 487 g/mol. The Kier molecular flexibility index (Phi) is 5.76. The molecule has 3 rings (SSSR count). The van der Waals surface area contributed by atoms with Gasteiger partial charge in [0.25, 0.3) is 10.0 Å². The SMILES string of the molecule is O=S(=O)(Nc1nn(Cc2ccc(Cl)cc2Cl)cc1Br)c1ccc(F)c(F)c1. The van der Waals surface area contributed by atoms with Crippen LogP contribution in [-0.4, -0.2) is 18.2 Å². The smallest absolute Gasteiger partial charge is 0.263 e. The Morgan fingerprint density at radius 2 is 1.85 bits per heavy atom. The van der Waals surface area contributed by atoms with Crippen LogP contribution in [-0.2, 0) is 16.6 Å². The van der Waals surface area contributed by atoms with E-state index in [-0.39, 0.29) is 12.4 Å². The second-order valence-electron chi connectivity index (χ2n) is 5.44. The maximum absolute atomic E-state index is 13.3. The summed E-state index contributed by atoms with van der Waals surface area (Å²) in [4.78, 5) is -0.427. The van der Waals surface area contributed by atoms with Gasteiger partial charge in [-0.3, -0.25) is 9.40 Å². The molecule has 5 nitrogen and oxygen atoms in total. The molecule has 142 valence electrons. The van der Waals surface area contributed by atoms with Gasteiger partial charge >= 0.3 is 0 Å². The highest BCUT2D eigenvalue weighted by atomic mass is 79.9. The lowest BCUT2D eigenvalue weighted by molar-refractivity contribution is 0.504. The summed E-state index contributed by atoms with van der Waals surface area (Å²) >= 11 is 15.2. The second kappa shape index (κ2) is 7.75. The van der Waals surface area contributed by atoms with Gasteiger partial charge in [0.15, 0.2) is 17.5 Å². The summed E-state index contributed by atoms with van der Waals surface area (Å²) in [6.07, 6.45) is 1.55. The fraction of sp³-hybridized carbons (Fsp3) is 0.0625. The van der Waals surface area contributed by atoms with Gasteiger partial charge in [0.1, 0.15) is 0 Å². The summed E-state index contributed by atoms with van der Waals surface area (Å²) in [5, 5.41) is 5.07. The van der Waals surface area contributed by atoms with Crippen LogP contribution >= 0.6 is 39.1 Å². The molecule has 11 heteroatoms. The van der Waals surface area contributed by atoms with Crippen molar-refractivity contribution in [2.75, 3.05) is 4.72 Å². The monoisotopic (exact) mass is 495 g/mol. The number of rotatable bonds is 5. The van der Waals surface area contributed by atoms with E-state index in [9.17, 15) is 17.2 Å². The van der Waals surface area contributed by atoms with Crippen LogP contribution in [0.5, 0.6) is 0 Å². The first kappa shape index (κ1) is 20.1. The fourth-order valence-electron chi connectivity index (χ4n) is 2.20. The largest absolute Gasteiger partial charge is 0.265 e. The molecule has 0 saturated carbocycles. The zero-order valence-electron chi connectivity index (χ0n) is 13.3. The fourth-order valence-corrected chi connectivity index (χ4v) is 4.25. The number of nitrogens with one attached hydrogen (secondary N) is 1. The number of aromatic nitrogens is 2. The Morgan fingerprint density at radius 3 is 2.52 bits per heavy atom. The first-order valence-electron chi connectivity index (χ1n) is 7.30. The molecule has 3 aromatic rings. The molecule has 27 heavy (non-hydrogen) atoms. The van der Waals surface area contributed by atoms with Crippen molar-refractivity contribution >= 4 is 55.0 Å². The van der Waals surface area contributed by atoms with Crippen LogP contribution in [0.2, 0.25) is 10.0 Å². The second-order valence-corrected chi connectivity index (χ2v) is 8.82. The highest BCUT2D eigenvalue weighted by molar-refractivity contribution is 9.10. The molecule has 0 aliphatic carbocycles. The summed E-state index contributed by atoms with van der Waals surface area (Å²) < 4.78 is 55.1. The molecule has 1 aromatic heterocycles. The lowest BCUT2D eigenvalue weighted by Crippen LogP contribution is -2.14. The van der Waals surface area contributed by atoms with E-state index in [0.717, 1.165) is 17.7 Å². The minimum atomic E-state index is -4.15. The van der Waals surface area contributed by atoms with Crippen LogP contribution in [0, 0.1) is 11.6 Å². The molecule has 0 radical (unpaired) electrons. The van der Waals surface area contributed by atoms with Gasteiger partial charge in [-0.25, -0.2) is 17.2 Å². The van der Waals surface area contributed by atoms with Crippen molar-refractivity contribution in [1.82, 2.24) is 9.78 Å². The summed E-state index contributed by atoms with van der Waals surface area (Å²) in [5.74, 6) is -2.41. The number of hydrogen-bond acceptors (Lipinski definition) is 3. The first-order chi connectivity index (χ1) is 12.7. The molecule has 0 aliphatic rings. The van der Waals surface area contributed by atoms with Gasteiger partial charge in [0.05, 0.1) is 15.9 Å². The average Bonchev–Trinajstić information content (AvgIpc) is 2.91. The molecule has 0 spiro atoms. The van der Waals surface area contributed by atoms with Crippen molar-refractivity contribution in [3.8, 4) is 0 Å². The predicted molar refractivity (Wildman–Crippen MR) is 103 cm³/mol. The van der Waals surface area contributed by atoms with E-state index in [2.05, 4.69) is 25.8 Å². The molecule has 2 aromatic carbocycles. The summed E-state index contributed by atoms with van der Waals surface area (Å²) in [7, 11) is -4.15. The average molecular weight is 497 g/mol. The van der Waals surface area contributed by atoms with Crippen LogP contribution in [0.15, 0.2) is 52.0 Å². The van der Waals surface area contributed by atoms with Crippen molar-refractivity contribution in [2.24, 2.45) is 0 Å². The third kappa shape index (κ3) is 4.60. The normalized spacial score (nSPS) is 11.6. The molecule has 0 fully saturated rings. The number of halogens is 5. The molecular formula is C16H10BrCl2F2N3O2S. The van der Waals surface area contributed by atoms with Crippen LogP contribution in [0.1, 0.15) is 5.56 Å². The van der Waals surface area contributed by atoms with Gasteiger partial charge in [-0.15, -0.1) is 0 Å². The molecule has 1 N–H and O–H groups in total. The van der Waals surface area contributed by atoms with E-state index in [1.165, 1.54) is 4.68 Å². The molecule has 0 atom stereocenters. The topological polar surface area (TPSA) is 64.0 Å². The highest BCUT2D eigenvalue weighted by Gasteiger charge is 2.20. The molecule has 0 bridgehead atoms. The van der Waals surface area contributed by atoms with Crippen molar-refractivity contribution in [2.45, 2.75) is 11.4 Å². The van der Waals surface area contributed by atoms with Crippen LogP contribution in [0.4, 0.5) is 14.6 Å². The maximum Gasteiger partial charge on any atom is 0.263 e. The van der Waals surface area contributed by atoms with Gasteiger partial charge in [0.2, 0.25) is 0 Å². The summed E-state index contributed by atoms with van der Waals surface area (Å²) in [5.41, 5.74) is 0.728. The third-order valence-corrected chi connectivity index (χ3v) is 6.00. The van der Waals surface area contributed by atoms with E-state index in [1.807, 2.05) is 0 Å². The van der Waals surface area contributed by atoms with Gasteiger partial charge in [-0.05, 0) is 51.8 Å². The van der Waals surface area contributed by atoms with Gasteiger partial charge in [0, 0.05) is 16.2 Å². The Balaban J connectivity index is 1.84. The predicted octanol–water partition coefficient (Wildman–Crippen LogP) is 5.08. The first-order valence-corrected chi connectivity index (χ1v) is 10.3. The lowest BCUT2D eigenvalue weighted by Gasteiger charge is -2.07. The Labute approximate surface area is 172 Å². The van der Waals surface area contributed by atoms with Gasteiger partial charge in [-0.1, -0.05) is 29.3 Å².